The van der Waals surface area contributed by atoms with Gasteiger partial charge in [-0.1, -0.05) is 0 Å². The Balaban J connectivity index is 1.78. The molecule has 0 aliphatic carbocycles. The van der Waals surface area contributed by atoms with Crippen molar-refractivity contribution >= 4 is 11.9 Å². The molecule has 7 nitrogen and oxygen atoms in total. The first kappa shape index (κ1) is 15.7. The molecule has 0 aromatic carbocycles. The lowest BCUT2D eigenvalue weighted by Gasteiger charge is -2.15. The summed E-state index contributed by atoms with van der Waals surface area (Å²) in [5, 5.41) is 6.01. The van der Waals surface area contributed by atoms with Crippen molar-refractivity contribution in [2.45, 2.75) is 12.8 Å². The molecule has 0 saturated carbocycles. The second kappa shape index (κ2) is 8.53. The van der Waals surface area contributed by atoms with Crippen molar-refractivity contribution in [1.82, 2.24) is 20.6 Å². The fourth-order valence-electron chi connectivity index (χ4n) is 2.20. The van der Waals surface area contributed by atoms with Gasteiger partial charge in [0.05, 0.1) is 6.61 Å². The fraction of sp³-hybridized carbons (Fsp3) is 0.643. The maximum atomic E-state index is 12.0. The number of ether oxygens (including phenoxy) is 1. The lowest BCUT2D eigenvalue weighted by Crippen LogP contribution is -2.33. The smallest absolute Gasteiger partial charge is 0.270 e. The SMILES string of the molecule is COCCNCCNC(=O)c1ccnc(N2CCCC2)n1. The minimum Gasteiger partial charge on any atom is -0.383 e. The van der Waals surface area contributed by atoms with Gasteiger partial charge in [-0.2, -0.15) is 0 Å². The Hall–Kier alpha value is -1.73. The van der Waals surface area contributed by atoms with Crippen LogP contribution in [0.25, 0.3) is 0 Å². The van der Waals surface area contributed by atoms with Crippen LogP contribution in [0.1, 0.15) is 23.3 Å². The largest absolute Gasteiger partial charge is 0.383 e. The van der Waals surface area contributed by atoms with E-state index in [0.717, 1.165) is 32.5 Å². The Kier molecular flexibility index (Phi) is 6.36. The third-order valence-corrected chi connectivity index (χ3v) is 3.33. The van der Waals surface area contributed by atoms with Gasteiger partial charge in [-0.25, -0.2) is 9.97 Å². The van der Waals surface area contributed by atoms with Crippen molar-refractivity contribution in [2.75, 3.05) is 51.3 Å². The zero-order valence-electron chi connectivity index (χ0n) is 12.5. The highest BCUT2D eigenvalue weighted by Gasteiger charge is 2.16. The summed E-state index contributed by atoms with van der Waals surface area (Å²) < 4.78 is 4.93. The molecule has 2 N–H and O–H groups in total. The van der Waals surface area contributed by atoms with Crippen LogP contribution in [0.15, 0.2) is 12.3 Å². The molecule has 0 atom stereocenters. The maximum Gasteiger partial charge on any atom is 0.270 e. The van der Waals surface area contributed by atoms with E-state index in [9.17, 15) is 4.79 Å². The highest BCUT2D eigenvalue weighted by molar-refractivity contribution is 5.92. The monoisotopic (exact) mass is 293 g/mol. The third kappa shape index (κ3) is 4.95. The van der Waals surface area contributed by atoms with Crippen molar-refractivity contribution in [2.24, 2.45) is 0 Å². The van der Waals surface area contributed by atoms with E-state index >= 15 is 0 Å². The van der Waals surface area contributed by atoms with Crippen molar-refractivity contribution in [3.05, 3.63) is 18.0 Å². The van der Waals surface area contributed by atoms with Crippen LogP contribution in [-0.2, 0) is 4.74 Å². The maximum absolute atomic E-state index is 12.0. The second-order valence-corrected chi connectivity index (χ2v) is 4.93. The first-order valence-electron chi connectivity index (χ1n) is 7.37. The predicted molar refractivity (Wildman–Crippen MR) is 80.6 cm³/mol. The van der Waals surface area contributed by atoms with Crippen molar-refractivity contribution in [3.8, 4) is 0 Å². The zero-order valence-corrected chi connectivity index (χ0v) is 12.5. The molecule has 0 radical (unpaired) electrons. The molecule has 116 valence electrons. The lowest BCUT2D eigenvalue weighted by molar-refractivity contribution is 0.0948. The molecule has 1 saturated heterocycles. The van der Waals surface area contributed by atoms with E-state index < -0.39 is 0 Å². The Labute approximate surface area is 125 Å². The van der Waals surface area contributed by atoms with Gasteiger partial charge < -0.3 is 20.3 Å². The van der Waals surface area contributed by atoms with Gasteiger partial charge in [0.15, 0.2) is 0 Å². The number of methoxy groups -OCH3 is 1. The Morgan fingerprint density at radius 2 is 2.14 bits per heavy atom. The molecule has 7 heteroatoms. The predicted octanol–water partition coefficient (Wildman–Crippen LogP) is 0.0426. The van der Waals surface area contributed by atoms with Crippen LogP contribution in [0.2, 0.25) is 0 Å². The van der Waals surface area contributed by atoms with Gasteiger partial charge in [0.1, 0.15) is 5.69 Å². The number of carbonyl (C=O) groups excluding carboxylic acids is 1. The normalized spacial score (nSPS) is 14.4. The van der Waals surface area contributed by atoms with E-state index in [-0.39, 0.29) is 5.91 Å². The van der Waals surface area contributed by atoms with Gasteiger partial charge in [0.2, 0.25) is 5.95 Å². The molecular formula is C14H23N5O2. The molecule has 0 spiro atoms. The second-order valence-electron chi connectivity index (χ2n) is 4.93. The summed E-state index contributed by atoms with van der Waals surface area (Å²) in [7, 11) is 1.66. The quantitative estimate of drug-likeness (QED) is 0.659. The van der Waals surface area contributed by atoms with E-state index in [0.29, 0.717) is 31.3 Å². The van der Waals surface area contributed by atoms with Crippen LogP contribution in [0, 0.1) is 0 Å². The van der Waals surface area contributed by atoms with Crippen LogP contribution < -0.4 is 15.5 Å². The minimum atomic E-state index is -0.161. The number of anilines is 1. The van der Waals surface area contributed by atoms with E-state index in [1.807, 2.05) is 0 Å². The van der Waals surface area contributed by atoms with Gasteiger partial charge in [0, 0.05) is 46.0 Å². The Morgan fingerprint density at radius 1 is 1.33 bits per heavy atom. The van der Waals surface area contributed by atoms with Gasteiger partial charge in [-0.15, -0.1) is 0 Å². The summed E-state index contributed by atoms with van der Waals surface area (Å²) in [6.07, 6.45) is 3.96. The molecule has 0 unspecified atom stereocenters. The summed E-state index contributed by atoms with van der Waals surface area (Å²) in [5.74, 6) is 0.491. The third-order valence-electron chi connectivity index (χ3n) is 3.33. The Bertz CT molecular complexity index is 449. The van der Waals surface area contributed by atoms with Gasteiger partial charge in [0.25, 0.3) is 5.91 Å². The molecule has 1 aromatic rings. The van der Waals surface area contributed by atoms with E-state index in [2.05, 4.69) is 25.5 Å². The first-order valence-corrected chi connectivity index (χ1v) is 7.37. The highest BCUT2D eigenvalue weighted by atomic mass is 16.5. The molecule has 2 heterocycles. The summed E-state index contributed by atoms with van der Waals surface area (Å²) in [6.45, 7) is 4.64. The minimum absolute atomic E-state index is 0.161. The van der Waals surface area contributed by atoms with Crippen molar-refractivity contribution < 1.29 is 9.53 Å². The van der Waals surface area contributed by atoms with E-state index in [4.69, 9.17) is 4.74 Å². The van der Waals surface area contributed by atoms with Crippen molar-refractivity contribution in [1.29, 1.82) is 0 Å². The van der Waals surface area contributed by atoms with Crippen molar-refractivity contribution in [3.63, 3.8) is 0 Å². The summed E-state index contributed by atoms with van der Waals surface area (Å²) >= 11 is 0. The fourth-order valence-corrected chi connectivity index (χ4v) is 2.20. The van der Waals surface area contributed by atoms with E-state index in [1.165, 1.54) is 0 Å². The number of carbonyl (C=O) groups is 1. The number of rotatable bonds is 8. The van der Waals surface area contributed by atoms with E-state index in [1.54, 1.807) is 19.4 Å². The number of aromatic nitrogens is 2. The Morgan fingerprint density at radius 3 is 2.90 bits per heavy atom. The molecule has 1 aliphatic heterocycles. The average Bonchev–Trinajstić information content (AvgIpc) is 3.05. The molecular weight excluding hydrogens is 270 g/mol. The molecule has 1 fully saturated rings. The topological polar surface area (TPSA) is 79.4 Å². The molecule has 1 amide bonds. The number of hydrogen-bond donors (Lipinski definition) is 2. The highest BCUT2D eigenvalue weighted by Crippen LogP contribution is 2.15. The standard InChI is InChI=1S/C14H23N5O2/c1-21-11-8-15-6-7-16-13(20)12-4-5-17-14(18-12)19-9-2-3-10-19/h4-5,15H,2-3,6-11H2,1H3,(H,16,20). The lowest BCUT2D eigenvalue weighted by atomic mass is 10.4. The average molecular weight is 293 g/mol. The summed E-state index contributed by atoms with van der Waals surface area (Å²) in [4.78, 5) is 22.7. The van der Waals surface area contributed by atoms with Crippen LogP contribution in [-0.4, -0.2) is 62.3 Å². The van der Waals surface area contributed by atoms with Crippen LogP contribution >= 0.6 is 0 Å². The summed E-state index contributed by atoms with van der Waals surface area (Å²) in [5.41, 5.74) is 0.420. The molecule has 0 bridgehead atoms. The first-order chi connectivity index (χ1) is 10.3. The number of nitrogens with zero attached hydrogens (tertiary/aromatic N) is 3. The van der Waals surface area contributed by atoms with Crippen LogP contribution in [0.4, 0.5) is 5.95 Å². The molecule has 1 aromatic heterocycles. The van der Waals surface area contributed by atoms with Gasteiger partial charge in [-0.05, 0) is 18.9 Å². The van der Waals surface area contributed by atoms with Gasteiger partial charge in [-0.3, -0.25) is 4.79 Å². The molecule has 21 heavy (non-hydrogen) atoms. The van der Waals surface area contributed by atoms with Gasteiger partial charge >= 0.3 is 0 Å². The summed E-state index contributed by atoms with van der Waals surface area (Å²) in [6, 6.07) is 1.65. The number of hydrogen-bond acceptors (Lipinski definition) is 6. The molecule has 1 aliphatic rings. The van der Waals surface area contributed by atoms with Crippen LogP contribution in [0.3, 0.4) is 0 Å². The molecule has 2 rings (SSSR count). The van der Waals surface area contributed by atoms with Crippen LogP contribution in [0.5, 0.6) is 0 Å². The number of nitrogens with one attached hydrogen (secondary N) is 2. The zero-order chi connectivity index (χ0) is 14.9. The number of amides is 1.